The van der Waals surface area contributed by atoms with Crippen LogP contribution in [0, 0.1) is 5.82 Å². The van der Waals surface area contributed by atoms with Crippen LogP contribution in [0.25, 0.3) is 0 Å². The molecule has 0 aliphatic carbocycles. The largest absolute Gasteiger partial charge is 0.468 e. The fourth-order valence-corrected chi connectivity index (χ4v) is 2.36. The van der Waals surface area contributed by atoms with Gasteiger partial charge in [-0.05, 0) is 42.7 Å². The zero-order valence-corrected chi connectivity index (χ0v) is 12.6. The van der Waals surface area contributed by atoms with E-state index in [9.17, 15) is 9.50 Å². The number of allylic oxidation sites excluding steroid dienone is 1. The highest BCUT2D eigenvalue weighted by Gasteiger charge is 2.14. The third-order valence-corrected chi connectivity index (χ3v) is 3.45. The molecule has 3 nitrogen and oxygen atoms in total. The first-order valence-corrected chi connectivity index (χ1v) is 7.45. The molecule has 0 aliphatic rings. The van der Waals surface area contributed by atoms with Crippen molar-refractivity contribution in [2.45, 2.75) is 32.0 Å². The van der Waals surface area contributed by atoms with Gasteiger partial charge in [0.1, 0.15) is 11.6 Å². The first kappa shape index (κ1) is 16.5. The molecule has 22 heavy (non-hydrogen) atoms. The summed E-state index contributed by atoms with van der Waals surface area (Å²) in [7, 11) is 0. The van der Waals surface area contributed by atoms with Crippen LogP contribution >= 0.6 is 0 Å². The Kier molecular flexibility index (Phi) is 6.37. The molecule has 0 unspecified atom stereocenters. The van der Waals surface area contributed by atoms with Gasteiger partial charge in [0.15, 0.2) is 0 Å². The predicted molar refractivity (Wildman–Crippen MR) is 84.7 cm³/mol. The lowest BCUT2D eigenvalue weighted by Crippen LogP contribution is -2.31. The molecule has 0 aliphatic heterocycles. The molecule has 1 atom stereocenters. The predicted octanol–water partition coefficient (Wildman–Crippen LogP) is 3.75. The third kappa shape index (κ3) is 5.47. The fraction of sp³-hybridized carbons (Fsp3) is 0.333. The van der Waals surface area contributed by atoms with Gasteiger partial charge in [0, 0.05) is 13.1 Å². The maximum absolute atomic E-state index is 13.0. The fourth-order valence-electron chi connectivity index (χ4n) is 2.36. The van der Waals surface area contributed by atoms with E-state index in [1.54, 1.807) is 24.5 Å². The Hall–Kier alpha value is -1.91. The summed E-state index contributed by atoms with van der Waals surface area (Å²) in [5.41, 5.74) is 1.00. The number of rotatable bonds is 9. The summed E-state index contributed by atoms with van der Waals surface area (Å²) in [5, 5.41) is 10.1. The molecule has 0 amide bonds. The number of furan rings is 1. The zero-order valence-electron chi connectivity index (χ0n) is 12.6. The topological polar surface area (TPSA) is 36.6 Å². The lowest BCUT2D eigenvalue weighted by Gasteiger charge is -2.24. The molecule has 1 aromatic carbocycles. The first-order valence-electron chi connectivity index (χ1n) is 7.45. The van der Waals surface area contributed by atoms with Gasteiger partial charge in [0.05, 0.1) is 18.9 Å². The molecule has 0 saturated carbocycles. The van der Waals surface area contributed by atoms with Gasteiger partial charge >= 0.3 is 0 Å². The minimum atomic E-state index is -0.423. The van der Waals surface area contributed by atoms with Gasteiger partial charge in [0.25, 0.3) is 0 Å². The molecular weight excluding hydrogens is 281 g/mol. The number of aliphatic hydroxyl groups is 1. The van der Waals surface area contributed by atoms with Crippen molar-refractivity contribution in [3.63, 3.8) is 0 Å². The van der Waals surface area contributed by atoms with Crippen molar-refractivity contribution in [2.75, 3.05) is 6.54 Å². The van der Waals surface area contributed by atoms with E-state index in [1.165, 1.54) is 12.1 Å². The van der Waals surface area contributed by atoms with Crippen molar-refractivity contribution in [1.29, 1.82) is 0 Å². The normalized spacial score (nSPS) is 12.5. The summed E-state index contributed by atoms with van der Waals surface area (Å²) < 4.78 is 18.4. The maximum atomic E-state index is 13.0. The second-order valence-electron chi connectivity index (χ2n) is 5.40. The summed E-state index contributed by atoms with van der Waals surface area (Å²) >= 11 is 0. The van der Waals surface area contributed by atoms with Gasteiger partial charge in [-0.3, -0.25) is 4.90 Å². The van der Waals surface area contributed by atoms with E-state index in [-0.39, 0.29) is 5.82 Å². The highest BCUT2D eigenvalue weighted by molar-refractivity contribution is 5.16. The number of hydrogen-bond acceptors (Lipinski definition) is 3. The van der Waals surface area contributed by atoms with Crippen LogP contribution in [0.4, 0.5) is 4.39 Å². The standard InChI is InChI=1S/C18H22FNO2/c1-2-3-5-17(21)13-20(14-18-6-4-11-22-18)12-15-7-9-16(19)10-8-15/h2,4,6-11,17,21H,1,3,5,12-14H2/t17-/m0/s1. The SMILES string of the molecule is C=CCC[C@H](O)CN(Cc1ccc(F)cc1)Cc1ccco1. The van der Waals surface area contributed by atoms with Crippen LogP contribution in [0.1, 0.15) is 24.2 Å². The van der Waals surface area contributed by atoms with E-state index in [0.29, 0.717) is 26.1 Å². The van der Waals surface area contributed by atoms with Crippen molar-refractivity contribution in [3.8, 4) is 0 Å². The van der Waals surface area contributed by atoms with Crippen molar-refractivity contribution in [1.82, 2.24) is 4.90 Å². The number of aliphatic hydroxyl groups excluding tert-OH is 1. The van der Waals surface area contributed by atoms with Crippen molar-refractivity contribution < 1.29 is 13.9 Å². The molecule has 2 aromatic rings. The van der Waals surface area contributed by atoms with Crippen LogP contribution < -0.4 is 0 Å². The third-order valence-electron chi connectivity index (χ3n) is 3.45. The highest BCUT2D eigenvalue weighted by atomic mass is 19.1. The molecule has 1 N–H and O–H groups in total. The average Bonchev–Trinajstić information content (AvgIpc) is 3.00. The van der Waals surface area contributed by atoms with Gasteiger partial charge < -0.3 is 9.52 Å². The lowest BCUT2D eigenvalue weighted by atomic mass is 10.1. The Morgan fingerprint density at radius 1 is 1.23 bits per heavy atom. The van der Waals surface area contributed by atoms with E-state index in [1.807, 2.05) is 12.1 Å². The molecular formula is C18H22FNO2. The Morgan fingerprint density at radius 3 is 2.64 bits per heavy atom. The van der Waals surface area contributed by atoms with Gasteiger partial charge in [-0.25, -0.2) is 4.39 Å². The molecule has 0 radical (unpaired) electrons. The molecule has 0 saturated heterocycles. The van der Waals surface area contributed by atoms with Crippen LogP contribution in [0.2, 0.25) is 0 Å². The number of nitrogens with zero attached hydrogens (tertiary/aromatic N) is 1. The zero-order chi connectivity index (χ0) is 15.8. The number of hydrogen-bond donors (Lipinski definition) is 1. The quantitative estimate of drug-likeness (QED) is 0.717. The summed E-state index contributed by atoms with van der Waals surface area (Å²) in [5.74, 6) is 0.602. The molecule has 4 heteroatoms. The Bertz CT molecular complexity index is 551. The second kappa shape index (κ2) is 8.51. The Morgan fingerprint density at radius 2 is 2.00 bits per heavy atom. The summed E-state index contributed by atoms with van der Waals surface area (Å²) in [6.07, 6.45) is 4.49. The second-order valence-corrected chi connectivity index (χ2v) is 5.40. The molecule has 0 fully saturated rings. The minimum absolute atomic E-state index is 0.243. The van der Waals surface area contributed by atoms with Crippen molar-refractivity contribution in [3.05, 3.63) is 72.5 Å². The number of halogens is 1. The van der Waals surface area contributed by atoms with Crippen LogP contribution in [0.5, 0.6) is 0 Å². The molecule has 118 valence electrons. The summed E-state index contributed by atoms with van der Waals surface area (Å²) in [4.78, 5) is 2.10. The number of benzene rings is 1. The van der Waals surface area contributed by atoms with Gasteiger partial charge in [-0.2, -0.15) is 0 Å². The van der Waals surface area contributed by atoms with E-state index in [2.05, 4.69) is 11.5 Å². The monoisotopic (exact) mass is 303 g/mol. The van der Waals surface area contributed by atoms with E-state index in [0.717, 1.165) is 17.7 Å². The van der Waals surface area contributed by atoms with Gasteiger partial charge in [0.2, 0.25) is 0 Å². The smallest absolute Gasteiger partial charge is 0.123 e. The first-order chi connectivity index (χ1) is 10.7. The van der Waals surface area contributed by atoms with Crippen LogP contribution in [-0.2, 0) is 13.1 Å². The van der Waals surface area contributed by atoms with Gasteiger partial charge in [-0.15, -0.1) is 6.58 Å². The van der Waals surface area contributed by atoms with Crippen LogP contribution in [0.15, 0.2) is 59.7 Å². The lowest BCUT2D eigenvalue weighted by molar-refractivity contribution is 0.0945. The Balaban J connectivity index is 2.00. The van der Waals surface area contributed by atoms with E-state index in [4.69, 9.17) is 4.42 Å². The summed E-state index contributed by atoms with van der Waals surface area (Å²) in [6, 6.07) is 10.2. The van der Waals surface area contributed by atoms with Crippen molar-refractivity contribution >= 4 is 0 Å². The maximum Gasteiger partial charge on any atom is 0.123 e. The van der Waals surface area contributed by atoms with Gasteiger partial charge in [-0.1, -0.05) is 18.2 Å². The van der Waals surface area contributed by atoms with Crippen LogP contribution in [-0.4, -0.2) is 22.7 Å². The molecule has 1 heterocycles. The molecule has 1 aromatic heterocycles. The van der Waals surface area contributed by atoms with Crippen LogP contribution in [0.3, 0.4) is 0 Å². The Labute approximate surface area is 130 Å². The molecule has 2 rings (SSSR count). The summed E-state index contributed by atoms with van der Waals surface area (Å²) in [6.45, 7) is 5.44. The van der Waals surface area contributed by atoms with E-state index >= 15 is 0 Å². The highest BCUT2D eigenvalue weighted by Crippen LogP contribution is 2.13. The van der Waals surface area contributed by atoms with E-state index < -0.39 is 6.10 Å². The van der Waals surface area contributed by atoms with Crippen molar-refractivity contribution in [2.24, 2.45) is 0 Å². The minimum Gasteiger partial charge on any atom is -0.468 e. The molecule has 0 spiro atoms. The average molecular weight is 303 g/mol. The molecule has 0 bridgehead atoms.